The maximum Gasteiger partial charge on any atom is 0.269 e. The average Bonchev–Trinajstić information content (AvgIpc) is 2.82. The van der Waals surface area contributed by atoms with E-state index in [0.29, 0.717) is 18.1 Å². The van der Waals surface area contributed by atoms with Crippen molar-refractivity contribution in [2.45, 2.75) is 20.0 Å². The van der Waals surface area contributed by atoms with Crippen LogP contribution in [-0.2, 0) is 13.1 Å². The second kappa shape index (κ2) is 6.49. The molecule has 1 heterocycles. The van der Waals surface area contributed by atoms with Gasteiger partial charge in [0.25, 0.3) is 5.69 Å². The second-order valence-corrected chi connectivity index (χ2v) is 4.90. The van der Waals surface area contributed by atoms with E-state index < -0.39 is 4.92 Å². The molecular formula is C13H15ClN4O2. The van der Waals surface area contributed by atoms with Crippen LogP contribution in [0.25, 0.3) is 0 Å². The summed E-state index contributed by atoms with van der Waals surface area (Å²) in [6, 6.07) is 4.44. The maximum atomic E-state index is 10.7. The van der Waals surface area contributed by atoms with E-state index in [2.05, 4.69) is 10.4 Å². The number of aryl methyl sites for hydroxylation is 1. The van der Waals surface area contributed by atoms with Gasteiger partial charge in [-0.05, 0) is 24.1 Å². The summed E-state index contributed by atoms with van der Waals surface area (Å²) in [5.74, 6) is 0. The fraction of sp³-hybridized carbons (Fsp3) is 0.308. The Morgan fingerprint density at radius 2 is 2.30 bits per heavy atom. The Balaban J connectivity index is 1.87. The van der Waals surface area contributed by atoms with Gasteiger partial charge in [0.2, 0.25) is 0 Å². The highest BCUT2D eigenvalue weighted by Crippen LogP contribution is 2.21. The lowest BCUT2D eigenvalue weighted by Crippen LogP contribution is -2.20. The fourth-order valence-electron chi connectivity index (χ4n) is 1.82. The fourth-order valence-corrected chi connectivity index (χ4v) is 2.00. The quantitative estimate of drug-likeness (QED) is 0.505. The number of rotatable bonds is 6. The van der Waals surface area contributed by atoms with Gasteiger partial charge in [0, 0.05) is 36.4 Å². The lowest BCUT2D eigenvalue weighted by atomic mass is 10.2. The van der Waals surface area contributed by atoms with Crippen LogP contribution in [-0.4, -0.2) is 21.2 Å². The first-order chi connectivity index (χ1) is 9.56. The molecule has 1 N–H and O–H groups in total. The normalized spacial score (nSPS) is 10.7. The summed E-state index contributed by atoms with van der Waals surface area (Å²) in [5, 5.41) is 18.6. The Labute approximate surface area is 121 Å². The molecule has 20 heavy (non-hydrogen) atoms. The van der Waals surface area contributed by atoms with Crippen LogP contribution in [0.4, 0.5) is 5.69 Å². The van der Waals surface area contributed by atoms with Crippen molar-refractivity contribution in [3.05, 3.63) is 56.9 Å². The third-order valence-electron chi connectivity index (χ3n) is 2.84. The van der Waals surface area contributed by atoms with Gasteiger partial charge in [-0.3, -0.25) is 14.8 Å². The van der Waals surface area contributed by atoms with Crippen molar-refractivity contribution in [1.82, 2.24) is 15.1 Å². The summed E-state index contributed by atoms with van der Waals surface area (Å²) in [4.78, 5) is 10.3. The van der Waals surface area contributed by atoms with Crippen molar-refractivity contribution in [3.63, 3.8) is 0 Å². The molecule has 0 bridgehead atoms. The predicted molar refractivity (Wildman–Crippen MR) is 76.8 cm³/mol. The molecule has 0 saturated heterocycles. The molecule has 0 atom stereocenters. The van der Waals surface area contributed by atoms with Crippen LogP contribution in [0.5, 0.6) is 0 Å². The lowest BCUT2D eigenvalue weighted by molar-refractivity contribution is -0.384. The molecule has 1 aromatic carbocycles. The smallest absolute Gasteiger partial charge is 0.269 e. The maximum absolute atomic E-state index is 10.7. The van der Waals surface area contributed by atoms with Crippen LogP contribution in [0.15, 0.2) is 30.6 Å². The molecule has 0 spiro atoms. The molecule has 0 fully saturated rings. The monoisotopic (exact) mass is 294 g/mol. The third-order valence-corrected chi connectivity index (χ3v) is 3.20. The van der Waals surface area contributed by atoms with Crippen molar-refractivity contribution in [2.24, 2.45) is 0 Å². The number of hydrogen-bond acceptors (Lipinski definition) is 4. The number of nitro benzene ring substituents is 1. The summed E-state index contributed by atoms with van der Waals surface area (Å²) in [7, 11) is 0. The third kappa shape index (κ3) is 3.79. The van der Waals surface area contributed by atoms with Gasteiger partial charge in [-0.15, -0.1) is 0 Å². The number of aromatic nitrogens is 2. The second-order valence-electron chi connectivity index (χ2n) is 4.49. The van der Waals surface area contributed by atoms with Gasteiger partial charge >= 0.3 is 0 Å². The number of non-ortho nitro benzene ring substituents is 1. The Morgan fingerprint density at radius 1 is 1.50 bits per heavy atom. The van der Waals surface area contributed by atoms with Crippen molar-refractivity contribution in [1.29, 1.82) is 0 Å². The summed E-state index contributed by atoms with van der Waals surface area (Å²) in [6.07, 6.45) is 3.76. The highest BCUT2D eigenvalue weighted by atomic mass is 35.5. The molecule has 1 aromatic heterocycles. The van der Waals surface area contributed by atoms with Gasteiger partial charge < -0.3 is 5.32 Å². The minimum absolute atomic E-state index is 0.0499. The molecule has 0 saturated carbocycles. The molecule has 106 valence electrons. The van der Waals surface area contributed by atoms with Gasteiger partial charge in [0.15, 0.2) is 0 Å². The molecule has 0 unspecified atom stereocenters. The Morgan fingerprint density at radius 3 is 2.95 bits per heavy atom. The molecule has 2 aromatic rings. The largest absolute Gasteiger partial charge is 0.311 e. The number of nitrogens with zero attached hydrogens (tertiary/aromatic N) is 3. The zero-order chi connectivity index (χ0) is 14.5. The van der Waals surface area contributed by atoms with E-state index in [1.165, 1.54) is 12.1 Å². The molecule has 0 aliphatic rings. The van der Waals surface area contributed by atoms with Crippen LogP contribution in [0, 0.1) is 17.0 Å². The van der Waals surface area contributed by atoms with Crippen LogP contribution >= 0.6 is 11.6 Å². The molecule has 0 radical (unpaired) electrons. The zero-order valence-electron chi connectivity index (χ0n) is 11.0. The number of nitrogens with one attached hydrogen (secondary N) is 1. The zero-order valence-corrected chi connectivity index (χ0v) is 11.8. The van der Waals surface area contributed by atoms with E-state index in [1.807, 2.05) is 17.8 Å². The highest BCUT2D eigenvalue weighted by molar-refractivity contribution is 6.31. The van der Waals surface area contributed by atoms with Crippen molar-refractivity contribution in [3.8, 4) is 0 Å². The van der Waals surface area contributed by atoms with Crippen LogP contribution in [0.3, 0.4) is 0 Å². The van der Waals surface area contributed by atoms with E-state index in [1.54, 1.807) is 12.3 Å². The molecule has 7 heteroatoms. The minimum Gasteiger partial charge on any atom is -0.311 e. The van der Waals surface area contributed by atoms with E-state index >= 15 is 0 Å². The summed E-state index contributed by atoms with van der Waals surface area (Å²) < 4.78 is 1.84. The number of hydrogen-bond donors (Lipinski definition) is 1. The predicted octanol–water partition coefficient (Wildman–Crippen LogP) is 2.54. The first-order valence-corrected chi connectivity index (χ1v) is 6.56. The molecule has 6 nitrogen and oxygen atoms in total. The molecule has 0 aliphatic carbocycles. The lowest BCUT2D eigenvalue weighted by Gasteiger charge is -2.07. The minimum atomic E-state index is -0.424. The van der Waals surface area contributed by atoms with E-state index in [-0.39, 0.29) is 5.69 Å². The standard InChI is InChI=1S/C13H15ClN4O2/c1-10-7-16-17(9-10)5-4-15-8-11-6-12(18(19)20)2-3-13(11)14/h2-3,6-7,9,15H,4-5,8H2,1H3. The van der Waals surface area contributed by atoms with Gasteiger partial charge in [0.1, 0.15) is 0 Å². The Kier molecular flexibility index (Phi) is 4.70. The molecule has 2 rings (SSSR count). The highest BCUT2D eigenvalue weighted by Gasteiger charge is 2.09. The SMILES string of the molecule is Cc1cnn(CCNCc2cc([N+](=O)[O-])ccc2Cl)c1. The van der Waals surface area contributed by atoms with Crippen LogP contribution < -0.4 is 5.32 Å². The molecular weight excluding hydrogens is 280 g/mol. The van der Waals surface area contributed by atoms with Gasteiger partial charge in [-0.2, -0.15) is 5.10 Å². The van der Waals surface area contributed by atoms with E-state index in [4.69, 9.17) is 11.6 Å². The number of nitro groups is 1. The summed E-state index contributed by atoms with van der Waals surface area (Å²) in [5.41, 5.74) is 1.89. The summed E-state index contributed by atoms with van der Waals surface area (Å²) in [6.45, 7) is 3.92. The van der Waals surface area contributed by atoms with Crippen LogP contribution in [0.2, 0.25) is 5.02 Å². The van der Waals surface area contributed by atoms with Crippen molar-refractivity contribution in [2.75, 3.05) is 6.54 Å². The van der Waals surface area contributed by atoms with E-state index in [0.717, 1.165) is 17.7 Å². The number of benzene rings is 1. The average molecular weight is 295 g/mol. The van der Waals surface area contributed by atoms with Crippen LogP contribution in [0.1, 0.15) is 11.1 Å². The van der Waals surface area contributed by atoms with Crippen molar-refractivity contribution < 1.29 is 4.92 Å². The van der Waals surface area contributed by atoms with Gasteiger partial charge in [0.05, 0.1) is 17.7 Å². The number of halogens is 1. The van der Waals surface area contributed by atoms with E-state index in [9.17, 15) is 10.1 Å². The molecule has 0 aliphatic heterocycles. The first-order valence-electron chi connectivity index (χ1n) is 6.19. The van der Waals surface area contributed by atoms with Gasteiger partial charge in [-0.25, -0.2) is 0 Å². The topological polar surface area (TPSA) is 73.0 Å². The Bertz CT molecular complexity index is 612. The Hall–Kier alpha value is -1.92. The molecule has 0 amide bonds. The first kappa shape index (κ1) is 14.5. The van der Waals surface area contributed by atoms with Gasteiger partial charge in [-0.1, -0.05) is 11.6 Å². The summed E-state index contributed by atoms with van der Waals surface area (Å²) >= 11 is 6.02. The van der Waals surface area contributed by atoms with Crippen molar-refractivity contribution >= 4 is 17.3 Å².